The average molecular weight is 521 g/mol. The van der Waals surface area contributed by atoms with E-state index in [1.54, 1.807) is 42.7 Å². The highest BCUT2D eigenvalue weighted by Crippen LogP contribution is 2.25. The summed E-state index contributed by atoms with van der Waals surface area (Å²) in [5.41, 5.74) is 0.381. The van der Waals surface area contributed by atoms with Gasteiger partial charge < -0.3 is 5.32 Å². The zero-order valence-electron chi connectivity index (χ0n) is 16.0. The number of nitrogens with one attached hydrogen (secondary N) is 1. The maximum absolute atomic E-state index is 14.0. The van der Waals surface area contributed by atoms with E-state index in [9.17, 15) is 18.0 Å². The molecule has 1 amide bonds. The van der Waals surface area contributed by atoms with E-state index in [1.165, 1.54) is 16.4 Å². The fourth-order valence-electron chi connectivity index (χ4n) is 2.69. The van der Waals surface area contributed by atoms with Gasteiger partial charge in [0.25, 0.3) is 5.91 Å². The molecular formula is C20H12BrF3N6OS. The summed E-state index contributed by atoms with van der Waals surface area (Å²) < 4.78 is 43.1. The van der Waals surface area contributed by atoms with E-state index in [-0.39, 0.29) is 11.4 Å². The van der Waals surface area contributed by atoms with E-state index in [2.05, 4.69) is 41.5 Å². The first-order valence-corrected chi connectivity index (χ1v) is 10.8. The van der Waals surface area contributed by atoms with Crippen molar-refractivity contribution in [3.63, 3.8) is 0 Å². The minimum atomic E-state index is -1.68. The van der Waals surface area contributed by atoms with Crippen molar-refractivity contribution in [3.8, 4) is 5.69 Å². The van der Waals surface area contributed by atoms with Crippen LogP contribution in [0.15, 0.2) is 64.5 Å². The first-order valence-electron chi connectivity index (χ1n) is 8.99. The number of amides is 1. The molecule has 7 nitrogen and oxygen atoms in total. The molecule has 0 spiro atoms. The van der Waals surface area contributed by atoms with Crippen molar-refractivity contribution in [2.75, 3.05) is 5.32 Å². The first kappa shape index (κ1) is 22.0. The van der Waals surface area contributed by atoms with Crippen LogP contribution in [-0.2, 0) is 5.75 Å². The number of nitrogens with zero attached hydrogens (tertiary/aromatic N) is 5. The molecule has 0 fully saturated rings. The Morgan fingerprint density at radius 3 is 2.47 bits per heavy atom. The summed E-state index contributed by atoms with van der Waals surface area (Å²) in [4.78, 5) is 21.1. The van der Waals surface area contributed by atoms with Crippen molar-refractivity contribution >= 4 is 39.3 Å². The van der Waals surface area contributed by atoms with Crippen molar-refractivity contribution < 1.29 is 18.0 Å². The van der Waals surface area contributed by atoms with Gasteiger partial charge in [0.1, 0.15) is 0 Å². The molecule has 0 saturated carbocycles. The number of anilines is 1. The molecule has 1 N–H and O–H groups in total. The summed E-state index contributed by atoms with van der Waals surface area (Å²) >= 11 is 4.60. The number of rotatable bonds is 6. The maximum atomic E-state index is 14.0. The van der Waals surface area contributed by atoms with Gasteiger partial charge in [-0.3, -0.25) is 4.79 Å². The summed E-state index contributed by atoms with van der Waals surface area (Å²) in [5.74, 6) is -5.18. The second-order valence-electron chi connectivity index (χ2n) is 6.27. The standard InChI is InChI=1S/C20H12BrF3N6OS/c21-11-2-4-12(5-3-11)30-15(10-32-20-25-8-1-9-26-20)18(28-29-30)19(31)27-14-7-6-13(22)16(23)17(14)24/h1-9H,10H2,(H,27,31). The Labute approximate surface area is 192 Å². The fraction of sp³-hybridized carbons (Fsp3) is 0.0500. The molecule has 0 saturated heterocycles. The quantitative estimate of drug-likeness (QED) is 0.223. The number of benzene rings is 2. The number of hydrogen-bond acceptors (Lipinski definition) is 6. The van der Waals surface area contributed by atoms with Crippen LogP contribution in [0.25, 0.3) is 5.69 Å². The van der Waals surface area contributed by atoms with E-state index in [1.807, 2.05) is 0 Å². The third-order valence-electron chi connectivity index (χ3n) is 4.21. The summed E-state index contributed by atoms with van der Waals surface area (Å²) in [5, 5.41) is 10.7. The summed E-state index contributed by atoms with van der Waals surface area (Å²) in [6.07, 6.45) is 3.16. The zero-order chi connectivity index (χ0) is 22.7. The highest BCUT2D eigenvalue weighted by Gasteiger charge is 2.23. The number of thioether (sulfide) groups is 1. The van der Waals surface area contributed by atoms with Crippen LogP contribution in [0.5, 0.6) is 0 Å². The van der Waals surface area contributed by atoms with Crippen LogP contribution in [0.4, 0.5) is 18.9 Å². The van der Waals surface area contributed by atoms with Crippen molar-refractivity contribution in [3.05, 3.63) is 88.2 Å². The van der Waals surface area contributed by atoms with Crippen LogP contribution in [0.1, 0.15) is 16.2 Å². The lowest BCUT2D eigenvalue weighted by Crippen LogP contribution is -2.17. The minimum Gasteiger partial charge on any atom is -0.318 e. The normalized spacial score (nSPS) is 10.9. The molecule has 4 rings (SSSR count). The molecule has 2 aromatic heterocycles. The molecule has 32 heavy (non-hydrogen) atoms. The van der Waals surface area contributed by atoms with Gasteiger partial charge >= 0.3 is 0 Å². The van der Waals surface area contributed by atoms with Gasteiger partial charge in [-0.05, 0) is 42.5 Å². The maximum Gasteiger partial charge on any atom is 0.278 e. The van der Waals surface area contributed by atoms with Gasteiger partial charge in [0.2, 0.25) is 0 Å². The number of halogens is 4. The molecule has 2 aromatic carbocycles. The topological polar surface area (TPSA) is 85.6 Å². The van der Waals surface area contributed by atoms with Crippen LogP contribution < -0.4 is 5.32 Å². The lowest BCUT2D eigenvalue weighted by molar-refractivity contribution is 0.102. The smallest absolute Gasteiger partial charge is 0.278 e. The number of hydrogen-bond donors (Lipinski definition) is 1. The second-order valence-corrected chi connectivity index (χ2v) is 8.13. The lowest BCUT2D eigenvalue weighted by Gasteiger charge is -2.09. The number of carbonyl (C=O) groups is 1. The predicted molar refractivity (Wildman–Crippen MR) is 115 cm³/mol. The van der Waals surface area contributed by atoms with Crippen molar-refractivity contribution in [2.45, 2.75) is 10.9 Å². The summed E-state index contributed by atoms with van der Waals surface area (Å²) in [6.45, 7) is 0. The van der Waals surface area contributed by atoms with E-state index in [0.29, 0.717) is 16.5 Å². The van der Waals surface area contributed by atoms with E-state index in [0.717, 1.165) is 16.6 Å². The molecule has 0 aliphatic rings. The third kappa shape index (κ3) is 4.65. The van der Waals surface area contributed by atoms with E-state index < -0.39 is 29.0 Å². The monoisotopic (exact) mass is 520 g/mol. The first-order chi connectivity index (χ1) is 15.4. The van der Waals surface area contributed by atoms with Crippen LogP contribution in [0, 0.1) is 17.5 Å². The Balaban J connectivity index is 1.68. The van der Waals surface area contributed by atoms with Gasteiger partial charge in [-0.25, -0.2) is 27.8 Å². The Hall–Kier alpha value is -3.25. The largest absolute Gasteiger partial charge is 0.318 e. The molecule has 12 heteroatoms. The van der Waals surface area contributed by atoms with Crippen LogP contribution in [-0.4, -0.2) is 30.9 Å². The van der Waals surface area contributed by atoms with Gasteiger partial charge in [0, 0.05) is 22.6 Å². The van der Waals surface area contributed by atoms with Crippen LogP contribution in [0.3, 0.4) is 0 Å². The molecule has 4 aromatic rings. The average Bonchev–Trinajstić information content (AvgIpc) is 3.23. The highest BCUT2D eigenvalue weighted by molar-refractivity contribution is 9.10. The van der Waals surface area contributed by atoms with Crippen molar-refractivity contribution in [1.29, 1.82) is 0 Å². The van der Waals surface area contributed by atoms with Crippen molar-refractivity contribution in [1.82, 2.24) is 25.0 Å². The lowest BCUT2D eigenvalue weighted by atomic mass is 10.2. The van der Waals surface area contributed by atoms with Gasteiger partial charge in [-0.2, -0.15) is 0 Å². The Morgan fingerprint density at radius 2 is 1.75 bits per heavy atom. The molecule has 0 unspecified atom stereocenters. The van der Waals surface area contributed by atoms with Gasteiger partial charge in [0.15, 0.2) is 28.3 Å². The van der Waals surface area contributed by atoms with E-state index in [4.69, 9.17) is 0 Å². The molecule has 0 aliphatic carbocycles. The predicted octanol–water partition coefficient (Wildman–Crippen LogP) is 4.78. The fourth-order valence-corrected chi connectivity index (χ4v) is 3.75. The SMILES string of the molecule is O=C(Nc1ccc(F)c(F)c1F)c1nnn(-c2ccc(Br)cc2)c1CSc1ncccn1. The molecular weight excluding hydrogens is 509 g/mol. The number of aromatic nitrogens is 5. The molecule has 0 aliphatic heterocycles. The third-order valence-corrected chi connectivity index (χ3v) is 5.63. The van der Waals surface area contributed by atoms with Gasteiger partial charge in [-0.1, -0.05) is 32.9 Å². The Kier molecular flexibility index (Phi) is 6.51. The van der Waals surface area contributed by atoms with E-state index >= 15 is 0 Å². The Bertz CT molecular complexity index is 1270. The van der Waals surface area contributed by atoms with Gasteiger partial charge in [0.05, 0.1) is 17.1 Å². The van der Waals surface area contributed by atoms with Crippen molar-refractivity contribution in [2.24, 2.45) is 0 Å². The zero-order valence-corrected chi connectivity index (χ0v) is 18.4. The molecule has 0 atom stereocenters. The number of carbonyl (C=O) groups excluding carboxylic acids is 1. The molecule has 162 valence electrons. The van der Waals surface area contributed by atoms with Crippen LogP contribution >= 0.6 is 27.7 Å². The molecule has 0 bridgehead atoms. The minimum absolute atomic E-state index is 0.111. The summed E-state index contributed by atoms with van der Waals surface area (Å²) in [7, 11) is 0. The van der Waals surface area contributed by atoms with Crippen LogP contribution in [0.2, 0.25) is 0 Å². The molecule has 0 radical (unpaired) electrons. The van der Waals surface area contributed by atoms with Gasteiger partial charge in [-0.15, -0.1) is 5.10 Å². The highest BCUT2D eigenvalue weighted by atomic mass is 79.9. The molecule has 2 heterocycles. The summed E-state index contributed by atoms with van der Waals surface area (Å²) in [6, 6.07) is 10.4. The second kappa shape index (κ2) is 9.49. The Morgan fingerprint density at radius 1 is 1.03 bits per heavy atom.